The molecule has 0 aliphatic carbocycles. The number of ether oxygens (including phenoxy) is 3. The summed E-state index contributed by atoms with van der Waals surface area (Å²) in [7, 11) is 0. The normalized spacial score (nSPS) is 11.0. The van der Waals surface area contributed by atoms with E-state index in [1.54, 1.807) is 0 Å². The van der Waals surface area contributed by atoms with Crippen molar-refractivity contribution in [2.24, 2.45) is 0 Å². The van der Waals surface area contributed by atoms with Gasteiger partial charge in [0.2, 0.25) is 6.71 Å². The molecule has 0 unspecified atom stereocenters. The summed E-state index contributed by atoms with van der Waals surface area (Å²) in [6.07, 6.45) is 22.9. The van der Waals surface area contributed by atoms with Crippen molar-refractivity contribution in [3.8, 4) is 17.2 Å². The van der Waals surface area contributed by atoms with Crippen molar-refractivity contribution in [3.05, 3.63) is 72.8 Å². The van der Waals surface area contributed by atoms with E-state index in [9.17, 15) is 0 Å². The third kappa shape index (κ3) is 15.1. The van der Waals surface area contributed by atoms with Gasteiger partial charge in [0.1, 0.15) is 17.2 Å². The lowest BCUT2D eigenvalue weighted by atomic mass is 9.37. The van der Waals surface area contributed by atoms with E-state index in [0.717, 1.165) is 56.3 Å². The Labute approximate surface area is 282 Å². The van der Waals surface area contributed by atoms with Gasteiger partial charge in [0, 0.05) is 0 Å². The minimum atomic E-state index is 0.118. The van der Waals surface area contributed by atoms with E-state index in [0.29, 0.717) is 0 Å². The first kappa shape index (κ1) is 37.6. The van der Waals surface area contributed by atoms with Crippen LogP contribution in [-0.2, 0) is 0 Å². The highest BCUT2D eigenvalue weighted by molar-refractivity contribution is 6.95. The molecule has 0 atom stereocenters. The summed E-state index contributed by atoms with van der Waals surface area (Å²) in [4.78, 5) is 0. The summed E-state index contributed by atoms with van der Waals surface area (Å²) >= 11 is 0. The van der Waals surface area contributed by atoms with Crippen LogP contribution in [0.3, 0.4) is 0 Å². The van der Waals surface area contributed by atoms with Crippen LogP contribution in [0.1, 0.15) is 136 Å². The van der Waals surface area contributed by atoms with Crippen LogP contribution in [-0.4, -0.2) is 26.5 Å². The number of unbranched alkanes of at least 4 members (excludes halogenated alkanes) is 15. The van der Waals surface area contributed by atoms with Gasteiger partial charge in [-0.2, -0.15) is 0 Å². The van der Waals surface area contributed by atoms with Crippen LogP contribution >= 0.6 is 0 Å². The lowest BCUT2D eigenvalue weighted by Gasteiger charge is -2.17. The van der Waals surface area contributed by atoms with Crippen LogP contribution in [0.4, 0.5) is 0 Å². The maximum absolute atomic E-state index is 6.11. The standard InChI is InChI=1S/C42H63BO3/c1-4-7-10-13-16-19-34-44-40-28-22-37(23-29-40)43(38-24-30-41(31-25-38)45-35-20-17-14-11-8-5-2)39-26-32-42(33-27-39)46-36-21-18-15-12-9-6-3/h22-33H,4-21,34-36H2,1-3H3. The Hall–Kier alpha value is -2.88. The topological polar surface area (TPSA) is 27.7 Å². The highest BCUT2D eigenvalue weighted by Gasteiger charge is 2.22. The average molecular weight is 627 g/mol. The number of hydrogen-bond donors (Lipinski definition) is 0. The lowest BCUT2D eigenvalue weighted by Crippen LogP contribution is -2.51. The van der Waals surface area contributed by atoms with E-state index < -0.39 is 0 Å². The molecule has 0 aromatic heterocycles. The molecule has 0 heterocycles. The first-order valence-electron chi connectivity index (χ1n) is 18.9. The summed E-state index contributed by atoms with van der Waals surface area (Å²) in [5.41, 5.74) is 3.77. The van der Waals surface area contributed by atoms with Crippen LogP contribution < -0.4 is 30.6 Å². The molecular formula is C42H63BO3. The molecule has 0 fully saturated rings. The van der Waals surface area contributed by atoms with Crippen LogP contribution in [0.2, 0.25) is 0 Å². The van der Waals surface area contributed by atoms with Gasteiger partial charge in [0.05, 0.1) is 19.8 Å². The summed E-state index contributed by atoms with van der Waals surface area (Å²) in [6, 6.07) is 26.2. The van der Waals surface area contributed by atoms with Crippen molar-refractivity contribution in [3.63, 3.8) is 0 Å². The fraction of sp³-hybridized carbons (Fsp3) is 0.571. The maximum atomic E-state index is 6.11. The molecule has 3 aromatic carbocycles. The van der Waals surface area contributed by atoms with Crippen molar-refractivity contribution in [2.75, 3.05) is 19.8 Å². The quantitative estimate of drug-likeness (QED) is 0.0623. The minimum Gasteiger partial charge on any atom is -0.494 e. The molecule has 0 radical (unpaired) electrons. The Balaban J connectivity index is 1.62. The maximum Gasteiger partial charge on any atom is 0.241 e. The highest BCUT2D eigenvalue weighted by atomic mass is 16.5. The molecular weight excluding hydrogens is 563 g/mol. The largest absolute Gasteiger partial charge is 0.494 e. The molecule has 252 valence electrons. The first-order chi connectivity index (χ1) is 22.7. The lowest BCUT2D eigenvalue weighted by molar-refractivity contribution is 0.304. The number of benzene rings is 3. The molecule has 0 spiro atoms. The molecule has 3 aromatic rings. The molecule has 0 aliphatic rings. The molecule has 0 amide bonds. The van der Waals surface area contributed by atoms with Crippen LogP contribution in [0.5, 0.6) is 17.2 Å². The van der Waals surface area contributed by atoms with Gasteiger partial charge in [0.15, 0.2) is 0 Å². The second-order valence-electron chi connectivity index (χ2n) is 13.0. The third-order valence-electron chi connectivity index (χ3n) is 8.94. The highest BCUT2D eigenvalue weighted by Crippen LogP contribution is 2.15. The number of hydrogen-bond acceptors (Lipinski definition) is 3. The molecule has 0 N–H and O–H groups in total. The van der Waals surface area contributed by atoms with Crippen molar-refractivity contribution in [1.82, 2.24) is 0 Å². The zero-order chi connectivity index (χ0) is 32.5. The van der Waals surface area contributed by atoms with Gasteiger partial charge in [-0.15, -0.1) is 0 Å². The van der Waals surface area contributed by atoms with Crippen LogP contribution in [0, 0.1) is 0 Å². The van der Waals surface area contributed by atoms with Gasteiger partial charge in [-0.25, -0.2) is 0 Å². The number of rotatable bonds is 27. The molecule has 3 nitrogen and oxygen atoms in total. The monoisotopic (exact) mass is 626 g/mol. The van der Waals surface area contributed by atoms with Crippen molar-refractivity contribution >= 4 is 23.1 Å². The van der Waals surface area contributed by atoms with E-state index in [1.165, 1.54) is 113 Å². The van der Waals surface area contributed by atoms with E-state index in [4.69, 9.17) is 14.2 Å². The van der Waals surface area contributed by atoms with E-state index >= 15 is 0 Å². The Bertz CT molecular complexity index is 981. The molecule has 46 heavy (non-hydrogen) atoms. The Kier molecular flexibility index (Phi) is 19.9. The molecule has 0 saturated heterocycles. The predicted octanol–water partition coefficient (Wildman–Crippen LogP) is 10.4. The van der Waals surface area contributed by atoms with Gasteiger partial charge < -0.3 is 14.2 Å². The van der Waals surface area contributed by atoms with Gasteiger partial charge in [-0.05, 0) is 55.7 Å². The van der Waals surface area contributed by atoms with Gasteiger partial charge in [-0.1, -0.05) is 170 Å². The van der Waals surface area contributed by atoms with E-state index in [2.05, 4.69) is 93.6 Å². The SMILES string of the molecule is CCCCCCCCOc1ccc(B(c2ccc(OCCCCCCCC)cc2)c2ccc(OCCCCCCCC)cc2)cc1. The Morgan fingerprint density at radius 3 is 0.826 bits per heavy atom. The molecule has 4 heteroatoms. The van der Waals surface area contributed by atoms with Crippen LogP contribution in [0.25, 0.3) is 0 Å². The van der Waals surface area contributed by atoms with Crippen LogP contribution in [0.15, 0.2) is 72.8 Å². The first-order valence-corrected chi connectivity index (χ1v) is 18.9. The summed E-state index contributed by atoms with van der Waals surface area (Å²) in [6.45, 7) is 9.27. The molecule has 0 saturated carbocycles. The van der Waals surface area contributed by atoms with Gasteiger partial charge in [0.25, 0.3) is 0 Å². The third-order valence-corrected chi connectivity index (χ3v) is 8.94. The predicted molar refractivity (Wildman–Crippen MR) is 201 cm³/mol. The van der Waals surface area contributed by atoms with Crippen molar-refractivity contribution in [2.45, 2.75) is 136 Å². The molecule has 3 rings (SSSR count). The van der Waals surface area contributed by atoms with Gasteiger partial charge >= 0.3 is 0 Å². The van der Waals surface area contributed by atoms with Crippen molar-refractivity contribution < 1.29 is 14.2 Å². The second kappa shape index (κ2) is 24.3. The summed E-state index contributed by atoms with van der Waals surface area (Å²) in [5, 5.41) is 0. The fourth-order valence-corrected chi connectivity index (χ4v) is 6.06. The Morgan fingerprint density at radius 2 is 0.565 bits per heavy atom. The Morgan fingerprint density at radius 1 is 0.326 bits per heavy atom. The van der Waals surface area contributed by atoms with Crippen molar-refractivity contribution in [1.29, 1.82) is 0 Å². The zero-order valence-electron chi connectivity index (χ0n) is 29.6. The fourth-order valence-electron chi connectivity index (χ4n) is 6.06. The molecule has 0 bridgehead atoms. The average Bonchev–Trinajstić information content (AvgIpc) is 3.09. The minimum absolute atomic E-state index is 0.118. The van der Waals surface area contributed by atoms with E-state index in [1.807, 2.05) is 0 Å². The van der Waals surface area contributed by atoms with Gasteiger partial charge in [-0.3, -0.25) is 0 Å². The molecule has 0 aliphatic heterocycles. The summed E-state index contributed by atoms with van der Waals surface area (Å²) in [5.74, 6) is 2.86. The summed E-state index contributed by atoms with van der Waals surface area (Å²) < 4.78 is 18.3. The smallest absolute Gasteiger partial charge is 0.241 e. The zero-order valence-corrected chi connectivity index (χ0v) is 29.6. The second-order valence-corrected chi connectivity index (χ2v) is 13.0. The van der Waals surface area contributed by atoms with E-state index in [-0.39, 0.29) is 6.71 Å².